The smallest absolute Gasteiger partial charge is 0.481 e. The number of aromatic nitrogens is 2. The fourth-order valence-electron chi connectivity index (χ4n) is 5.26. The van der Waals surface area contributed by atoms with Crippen LogP contribution in [-0.2, 0) is 28.8 Å². The maximum absolute atomic E-state index is 13.4. The fraction of sp³-hybridized carbons (Fsp3) is 0.500. The van der Waals surface area contributed by atoms with Gasteiger partial charge >= 0.3 is 12.1 Å². The van der Waals surface area contributed by atoms with Crippen LogP contribution in [-0.4, -0.2) is 136 Å². The van der Waals surface area contributed by atoms with Crippen LogP contribution in [0.5, 0.6) is 5.88 Å². The van der Waals surface area contributed by atoms with Crippen molar-refractivity contribution in [1.82, 2.24) is 35.3 Å². The number of ether oxygens (including phenoxy) is 2. The van der Waals surface area contributed by atoms with Crippen LogP contribution in [0.25, 0.3) is 5.69 Å². The van der Waals surface area contributed by atoms with Crippen molar-refractivity contribution in [3.8, 4) is 11.6 Å². The van der Waals surface area contributed by atoms with Crippen LogP contribution in [0, 0.1) is 0 Å². The predicted molar refractivity (Wildman–Crippen MR) is 163 cm³/mol. The van der Waals surface area contributed by atoms with Crippen LogP contribution < -0.4 is 15.4 Å². The number of carboxylic acid groups (broad SMARTS) is 1. The SMILES string of the molecule is CCOC(=O)ON1CCN(C(=O)[C@H](CC(=O)O)NC(=O)c2cc(OCC(=O)N3CCC[C@H]3C(=O)NCC(F)F)n(-c3ccccc3)n2)CC1. The first-order valence-electron chi connectivity index (χ1n) is 15.5. The summed E-state index contributed by atoms with van der Waals surface area (Å²) in [5.74, 6) is -4.26. The first-order chi connectivity index (χ1) is 23.5. The van der Waals surface area contributed by atoms with E-state index in [9.17, 15) is 42.7 Å². The number of alkyl halides is 2. The molecule has 0 radical (unpaired) electrons. The van der Waals surface area contributed by atoms with Gasteiger partial charge in [0.05, 0.1) is 38.3 Å². The molecule has 3 heterocycles. The van der Waals surface area contributed by atoms with Crippen molar-refractivity contribution in [1.29, 1.82) is 0 Å². The lowest BCUT2D eigenvalue weighted by molar-refractivity contribution is -0.158. The number of halogens is 2. The summed E-state index contributed by atoms with van der Waals surface area (Å²) >= 11 is 0. The number of hydroxylamine groups is 2. The second-order valence-electron chi connectivity index (χ2n) is 10.9. The minimum atomic E-state index is -2.74. The van der Waals surface area contributed by atoms with Crippen molar-refractivity contribution in [2.24, 2.45) is 0 Å². The van der Waals surface area contributed by atoms with Gasteiger partial charge in [0.25, 0.3) is 18.2 Å². The van der Waals surface area contributed by atoms with Gasteiger partial charge in [-0.2, -0.15) is 5.10 Å². The Labute approximate surface area is 279 Å². The number of likely N-dealkylation sites (tertiary alicyclic amines) is 1. The molecule has 4 rings (SSSR count). The molecule has 19 heteroatoms. The first kappa shape index (κ1) is 36.5. The van der Waals surface area contributed by atoms with Crippen LogP contribution in [0.2, 0.25) is 0 Å². The summed E-state index contributed by atoms with van der Waals surface area (Å²) < 4.78 is 36.9. The highest BCUT2D eigenvalue weighted by atomic mass is 19.3. The van der Waals surface area contributed by atoms with Gasteiger partial charge in [-0.05, 0) is 31.9 Å². The molecule has 0 aliphatic carbocycles. The van der Waals surface area contributed by atoms with Crippen LogP contribution in [0.4, 0.5) is 13.6 Å². The molecule has 2 atom stereocenters. The van der Waals surface area contributed by atoms with Crippen molar-refractivity contribution < 1.29 is 57.0 Å². The van der Waals surface area contributed by atoms with E-state index < -0.39 is 73.8 Å². The van der Waals surface area contributed by atoms with Crippen molar-refractivity contribution >= 4 is 35.8 Å². The molecule has 2 aliphatic rings. The van der Waals surface area contributed by atoms with E-state index in [1.807, 2.05) is 0 Å². The zero-order valence-electron chi connectivity index (χ0n) is 26.6. The Bertz CT molecular complexity index is 1500. The quantitative estimate of drug-likeness (QED) is 0.231. The van der Waals surface area contributed by atoms with Gasteiger partial charge in [-0.15, -0.1) is 5.06 Å². The molecule has 3 N–H and O–H groups in total. The van der Waals surface area contributed by atoms with Crippen LogP contribution in [0.1, 0.15) is 36.7 Å². The van der Waals surface area contributed by atoms with Crippen LogP contribution in [0.15, 0.2) is 36.4 Å². The van der Waals surface area contributed by atoms with Gasteiger partial charge in [0.15, 0.2) is 12.3 Å². The predicted octanol–water partition coefficient (Wildman–Crippen LogP) is 0.429. The van der Waals surface area contributed by atoms with E-state index in [0.29, 0.717) is 18.5 Å². The summed E-state index contributed by atoms with van der Waals surface area (Å²) in [5, 5.41) is 19.6. The Morgan fingerprint density at radius 2 is 1.76 bits per heavy atom. The van der Waals surface area contributed by atoms with E-state index in [0.717, 1.165) is 0 Å². The zero-order valence-corrected chi connectivity index (χ0v) is 26.6. The fourth-order valence-corrected chi connectivity index (χ4v) is 5.26. The Hall–Kier alpha value is -5.33. The first-order valence-corrected chi connectivity index (χ1v) is 15.5. The molecular formula is C30H37F2N7O10. The number of nitrogens with one attached hydrogen (secondary N) is 2. The number of nitrogens with zero attached hydrogens (tertiary/aromatic N) is 5. The molecule has 2 saturated heterocycles. The van der Waals surface area contributed by atoms with Gasteiger partial charge in [-0.1, -0.05) is 18.2 Å². The number of para-hydroxylation sites is 1. The lowest BCUT2D eigenvalue weighted by Gasteiger charge is -2.34. The summed E-state index contributed by atoms with van der Waals surface area (Å²) in [4.78, 5) is 83.0. The van der Waals surface area contributed by atoms with Gasteiger partial charge in [0.1, 0.15) is 12.1 Å². The van der Waals surface area contributed by atoms with Gasteiger partial charge in [-0.3, -0.25) is 24.0 Å². The van der Waals surface area contributed by atoms with E-state index in [1.54, 1.807) is 37.3 Å². The van der Waals surface area contributed by atoms with Crippen molar-refractivity contribution in [3.05, 3.63) is 42.1 Å². The third kappa shape index (κ3) is 10.1. The molecular weight excluding hydrogens is 656 g/mol. The third-order valence-electron chi connectivity index (χ3n) is 7.56. The zero-order chi connectivity index (χ0) is 35.5. The number of benzene rings is 1. The van der Waals surface area contributed by atoms with Gasteiger partial charge in [0.2, 0.25) is 17.7 Å². The second kappa shape index (κ2) is 17.2. The number of rotatable bonds is 14. The van der Waals surface area contributed by atoms with E-state index in [2.05, 4.69) is 15.7 Å². The molecule has 17 nitrogen and oxygen atoms in total. The highest BCUT2D eigenvalue weighted by Crippen LogP contribution is 2.22. The summed E-state index contributed by atoms with van der Waals surface area (Å²) in [6, 6.07) is 7.22. The minimum Gasteiger partial charge on any atom is -0.481 e. The molecule has 49 heavy (non-hydrogen) atoms. The van der Waals surface area contributed by atoms with E-state index in [-0.39, 0.29) is 50.9 Å². The van der Waals surface area contributed by atoms with Gasteiger partial charge < -0.3 is 39.9 Å². The average Bonchev–Trinajstić information content (AvgIpc) is 3.74. The number of carboxylic acids is 1. The minimum absolute atomic E-state index is 0.0542. The van der Waals surface area contributed by atoms with E-state index >= 15 is 0 Å². The summed E-state index contributed by atoms with van der Waals surface area (Å²) in [6.45, 7) is 0.933. The molecule has 0 saturated carbocycles. The van der Waals surface area contributed by atoms with Crippen molar-refractivity contribution in [3.63, 3.8) is 0 Å². The molecule has 2 aromatic rings. The van der Waals surface area contributed by atoms with Gasteiger partial charge in [0, 0.05) is 25.7 Å². The number of piperazine rings is 1. The molecule has 2 fully saturated rings. The maximum Gasteiger partial charge on any atom is 0.527 e. The summed E-state index contributed by atoms with van der Waals surface area (Å²) in [7, 11) is 0. The summed E-state index contributed by atoms with van der Waals surface area (Å²) in [6.07, 6.45) is -3.59. The maximum atomic E-state index is 13.4. The molecule has 0 unspecified atom stereocenters. The Kier molecular flexibility index (Phi) is 12.8. The van der Waals surface area contributed by atoms with Crippen molar-refractivity contribution in [2.45, 2.75) is 44.7 Å². The average molecular weight is 694 g/mol. The topological polar surface area (TPSA) is 202 Å². The third-order valence-corrected chi connectivity index (χ3v) is 7.56. The highest BCUT2D eigenvalue weighted by Gasteiger charge is 2.35. The molecule has 1 aromatic carbocycles. The monoisotopic (exact) mass is 693 g/mol. The summed E-state index contributed by atoms with van der Waals surface area (Å²) in [5.41, 5.74) is 0.183. The van der Waals surface area contributed by atoms with Crippen molar-refractivity contribution in [2.75, 3.05) is 52.5 Å². The molecule has 2 aliphatic heterocycles. The van der Waals surface area contributed by atoms with Crippen LogP contribution in [0.3, 0.4) is 0 Å². The Morgan fingerprint density at radius 1 is 1.04 bits per heavy atom. The lowest BCUT2D eigenvalue weighted by Crippen LogP contribution is -2.55. The van der Waals surface area contributed by atoms with Gasteiger partial charge in [-0.25, -0.2) is 18.3 Å². The number of hydrogen-bond donors (Lipinski definition) is 3. The molecule has 0 bridgehead atoms. The number of aliphatic carboxylic acids is 1. The largest absolute Gasteiger partial charge is 0.527 e. The number of amides is 4. The van der Waals surface area contributed by atoms with E-state index in [4.69, 9.17) is 14.3 Å². The normalized spacial score (nSPS) is 16.9. The molecule has 0 spiro atoms. The molecule has 1 aromatic heterocycles. The Balaban J connectivity index is 1.45. The standard InChI is InChI=1S/C30H37F2N7O10/c1-2-47-30(46)49-37-13-11-36(12-14-37)29(45)21(16-26(41)42)34-27(43)20-15-25(39(35-20)19-7-4-3-5-8-19)48-18-24(40)38-10-6-9-22(38)28(44)33-17-23(31)32/h3-5,7-8,15,21-23H,2,6,9-14,16-18H2,1H3,(H,33,44)(H,34,43)(H,41,42)/t21-,22-/m0/s1. The van der Waals surface area contributed by atoms with Crippen LogP contribution >= 0.6 is 0 Å². The second-order valence-corrected chi connectivity index (χ2v) is 10.9. The Morgan fingerprint density at radius 3 is 2.41 bits per heavy atom. The number of carbonyl (C=O) groups is 6. The highest BCUT2D eigenvalue weighted by molar-refractivity contribution is 5.97. The molecule has 266 valence electrons. The van der Waals surface area contributed by atoms with E-state index in [1.165, 1.54) is 25.6 Å². The lowest BCUT2D eigenvalue weighted by atomic mass is 10.1. The number of hydrogen-bond acceptors (Lipinski definition) is 11. The number of carbonyl (C=O) groups excluding carboxylic acids is 5. The molecule has 4 amide bonds.